The second-order valence-electron chi connectivity index (χ2n) is 2.70. The summed E-state index contributed by atoms with van der Waals surface area (Å²) in [4.78, 5) is 10.7. The summed E-state index contributed by atoms with van der Waals surface area (Å²) in [5.41, 5.74) is 10.5. The van der Waals surface area contributed by atoms with E-state index in [9.17, 15) is 4.79 Å². The monoisotopic (exact) mass is 172 g/mol. The van der Waals surface area contributed by atoms with E-state index >= 15 is 0 Å². The first-order valence-corrected chi connectivity index (χ1v) is 3.88. The number of nitrogens with two attached hydrogens (primary N) is 2. The average Bonchev–Trinajstić information content (AvgIpc) is 1.97. The highest BCUT2D eigenvalue weighted by Crippen LogP contribution is 1.93. The van der Waals surface area contributed by atoms with Crippen molar-refractivity contribution in [2.45, 2.75) is 25.8 Å². The minimum Gasteiger partial charge on any atom is -0.370 e. The van der Waals surface area contributed by atoms with Crippen LogP contribution in [0, 0.1) is 5.41 Å². The maximum absolute atomic E-state index is 10.7. The average molecular weight is 172 g/mol. The van der Waals surface area contributed by atoms with Gasteiger partial charge in [0.15, 0.2) is 5.96 Å². The Kier molecular flexibility index (Phi) is 5.03. The first-order chi connectivity index (χ1) is 5.54. The van der Waals surface area contributed by atoms with Gasteiger partial charge in [-0.2, -0.15) is 0 Å². The van der Waals surface area contributed by atoms with Gasteiger partial charge in [-0.1, -0.05) is 0 Å². The van der Waals surface area contributed by atoms with Crippen LogP contribution in [-0.4, -0.2) is 24.3 Å². The van der Waals surface area contributed by atoms with Gasteiger partial charge in [-0.3, -0.25) is 10.2 Å². The van der Waals surface area contributed by atoms with Gasteiger partial charge < -0.3 is 16.8 Å². The molecule has 0 spiro atoms. The Hall–Kier alpha value is -1.10. The van der Waals surface area contributed by atoms with Crippen molar-refractivity contribution in [3.05, 3.63) is 0 Å². The van der Waals surface area contributed by atoms with Crippen molar-refractivity contribution in [3.8, 4) is 0 Å². The van der Waals surface area contributed by atoms with E-state index in [0.29, 0.717) is 13.0 Å². The highest BCUT2D eigenvalue weighted by Gasteiger charge is 2.06. The number of Topliss-reactive ketones (excluding diaryl/α,β-unsaturated/α-hetero) is 1. The molecule has 5 heteroatoms. The van der Waals surface area contributed by atoms with Gasteiger partial charge in [-0.05, 0) is 19.8 Å². The van der Waals surface area contributed by atoms with E-state index in [-0.39, 0.29) is 17.8 Å². The Morgan fingerprint density at radius 1 is 1.67 bits per heavy atom. The van der Waals surface area contributed by atoms with E-state index in [0.717, 1.165) is 6.42 Å². The molecule has 0 fully saturated rings. The molecular formula is C7H16N4O. The molecule has 0 amide bonds. The van der Waals surface area contributed by atoms with E-state index in [1.54, 1.807) is 0 Å². The minimum atomic E-state index is -0.376. The fraction of sp³-hybridized carbons (Fsp3) is 0.714. The molecule has 0 saturated carbocycles. The largest absolute Gasteiger partial charge is 0.370 e. The molecule has 5 nitrogen and oxygen atoms in total. The lowest BCUT2D eigenvalue weighted by Gasteiger charge is -2.07. The molecule has 0 aliphatic carbocycles. The standard InChI is InChI=1S/C7H16N4O/c1-5(12)6(8)3-2-4-11-7(9)10/h6H,2-4,8H2,1H3,(H4,9,10,11). The van der Waals surface area contributed by atoms with Crippen LogP contribution in [0.25, 0.3) is 0 Å². The molecule has 0 aromatic carbocycles. The quantitative estimate of drug-likeness (QED) is 0.246. The lowest BCUT2D eigenvalue weighted by Crippen LogP contribution is -2.33. The normalized spacial score (nSPS) is 12.2. The van der Waals surface area contributed by atoms with Gasteiger partial charge in [0, 0.05) is 6.54 Å². The van der Waals surface area contributed by atoms with Gasteiger partial charge in [-0.25, -0.2) is 0 Å². The number of rotatable bonds is 5. The third-order valence-corrected chi connectivity index (χ3v) is 1.53. The summed E-state index contributed by atoms with van der Waals surface area (Å²) < 4.78 is 0. The number of carbonyl (C=O) groups is 1. The number of ketones is 1. The molecule has 0 saturated heterocycles. The molecular weight excluding hydrogens is 156 g/mol. The van der Waals surface area contributed by atoms with E-state index in [2.05, 4.69) is 5.32 Å². The first-order valence-electron chi connectivity index (χ1n) is 3.88. The smallest absolute Gasteiger partial charge is 0.185 e. The van der Waals surface area contributed by atoms with Crippen LogP contribution in [0.5, 0.6) is 0 Å². The molecule has 0 radical (unpaired) electrons. The zero-order valence-corrected chi connectivity index (χ0v) is 7.26. The van der Waals surface area contributed by atoms with Crippen molar-refractivity contribution in [3.63, 3.8) is 0 Å². The topological polar surface area (TPSA) is 105 Å². The lowest BCUT2D eigenvalue weighted by atomic mass is 10.1. The zero-order valence-electron chi connectivity index (χ0n) is 7.26. The number of nitrogens with one attached hydrogen (secondary N) is 2. The molecule has 0 bridgehead atoms. The Bertz CT molecular complexity index is 169. The molecule has 70 valence electrons. The molecule has 12 heavy (non-hydrogen) atoms. The van der Waals surface area contributed by atoms with Crippen molar-refractivity contribution in [1.82, 2.24) is 5.32 Å². The molecule has 6 N–H and O–H groups in total. The molecule has 0 aromatic heterocycles. The fourth-order valence-corrected chi connectivity index (χ4v) is 0.748. The molecule has 0 heterocycles. The van der Waals surface area contributed by atoms with E-state index in [1.807, 2.05) is 0 Å². The van der Waals surface area contributed by atoms with Crippen LogP contribution in [0.1, 0.15) is 19.8 Å². The summed E-state index contributed by atoms with van der Waals surface area (Å²) in [5, 5.41) is 9.47. The third-order valence-electron chi connectivity index (χ3n) is 1.53. The van der Waals surface area contributed by atoms with Gasteiger partial charge in [0.25, 0.3) is 0 Å². The highest BCUT2D eigenvalue weighted by molar-refractivity contribution is 5.81. The van der Waals surface area contributed by atoms with Gasteiger partial charge in [0.2, 0.25) is 0 Å². The summed E-state index contributed by atoms with van der Waals surface area (Å²) in [6.45, 7) is 2.07. The molecule has 0 aliphatic rings. The third kappa shape index (κ3) is 5.67. The fourth-order valence-electron chi connectivity index (χ4n) is 0.748. The van der Waals surface area contributed by atoms with Crippen LogP contribution < -0.4 is 16.8 Å². The maximum Gasteiger partial charge on any atom is 0.185 e. The summed E-state index contributed by atoms with van der Waals surface area (Å²) in [7, 11) is 0. The van der Waals surface area contributed by atoms with Gasteiger partial charge in [0.05, 0.1) is 6.04 Å². The Morgan fingerprint density at radius 3 is 2.67 bits per heavy atom. The van der Waals surface area contributed by atoms with Crippen LogP contribution in [-0.2, 0) is 4.79 Å². The van der Waals surface area contributed by atoms with Crippen LogP contribution in [0.2, 0.25) is 0 Å². The molecule has 1 unspecified atom stereocenters. The Balaban J connectivity index is 3.31. The second-order valence-corrected chi connectivity index (χ2v) is 2.70. The number of guanidine groups is 1. The molecule has 1 atom stereocenters. The van der Waals surface area contributed by atoms with Gasteiger partial charge in [-0.15, -0.1) is 0 Å². The van der Waals surface area contributed by atoms with Crippen molar-refractivity contribution in [2.75, 3.05) is 6.54 Å². The van der Waals surface area contributed by atoms with Crippen molar-refractivity contribution < 1.29 is 4.79 Å². The predicted molar refractivity (Wildman–Crippen MR) is 47.8 cm³/mol. The molecule has 0 aliphatic heterocycles. The number of hydrogen-bond donors (Lipinski definition) is 4. The Morgan fingerprint density at radius 2 is 2.25 bits per heavy atom. The van der Waals surface area contributed by atoms with Gasteiger partial charge in [0.1, 0.15) is 5.78 Å². The van der Waals surface area contributed by atoms with Crippen LogP contribution >= 0.6 is 0 Å². The van der Waals surface area contributed by atoms with E-state index < -0.39 is 0 Å². The van der Waals surface area contributed by atoms with E-state index in [4.69, 9.17) is 16.9 Å². The maximum atomic E-state index is 10.7. The summed E-state index contributed by atoms with van der Waals surface area (Å²) in [6, 6.07) is -0.376. The molecule has 0 rings (SSSR count). The van der Waals surface area contributed by atoms with Gasteiger partial charge >= 0.3 is 0 Å². The van der Waals surface area contributed by atoms with Crippen molar-refractivity contribution in [2.24, 2.45) is 11.5 Å². The number of carbonyl (C=O) groups excluding carboxylic acids is 1. The summed E-state index contributed by atoms with van der Waals surface area (Å²) >= 11 is 0. The second kappa shape index (κ2) is 5.54. The predicted octanol–water partition coefficient (Wildman–Crippen LogP) is -0.834. The molecule has 0 aromatic rings. The van der Waals surface area contributed by atoms with Crippen molar-refractivity contribution >= 4 is 11.7 Å². The zero-order chi connectivity index (χ0) is 9.56. The first kappa shape index (κ1) is 10.9. The number of hydrogen-bond acceptors (Lipinski definition) is 3. The summed E-state index contributed by atoms with van der Waals surface area (Å²) in [6.07, 6.45) is 1.38. The van der Waals surface area contributed by atoms with Crippen LogP contribution in [0.4, 0.5) is 0 Å². The van der Waals surface area contributed by atoms with Crippen LogP contribution in [0.3, 0.4) is 0 Å². The van der Waals surface area contributed by atoms with E-state index in [1.165, 1.54) is 6.92 Å². The van der Waals surface area contributed by atoms with Crippen molar-refractivity contribution in [1.29, 1.82) is 5.41 Å². The Labute approximate surface area is 72.0 Å². The minimum absolute atomic E-state index is 0.00201. The lowest BCUT2D eigenvalue weighted by molar-refractivity contribution is -0.118. The van der Waals surface area contributed by atoms with Crippen LogP contribution in [0.15, 0.2) is 0 Å². The highest BCUT2D eigenvalue weighted by atomic mass is 16.1. The SMILES string of the molecule is CC(=O)C(N)CCCNC(=N)N. The summed E-state index contributed by atoms with van der Waals surface area (Å²) in [5.74, 6) is -0.0516.